The molecule has 3 aliphatic rings. The highest BCUT2D eigenvalue weighted by Crippen LogP contribution is 2.41. The Kier molecular flexibility index (Phi) is 4.22. The van der Waals surface area contributed by atoms with E-state index >= 15 is 0 Å². The van der Waals surface area contributed by atoms with Gasteiger partial charge in [0.1, 0.15) is 0 Å². The van der Waals surface area contributed by atoms with Crippen LogP contribution in [0.5, 0.6) is 0 Å². The largest absolute Gasteiger partial charge is 0.374 e. The van der Waals surface area contributed by atoms with E-state index in [1.807, 2.05) is 0 Å². The van der Waals surface area contributed by atoms with Crippen LogP contribution in [0, 0.1) is 0 Å². The summed E-state index contributed by atoms with van der Waals surface area (Å²) in [6.45, 7) is 2.99. The van der Waals surface area contributed by atoms with Gasteiger partial charge >= 0.3 is 0 Å². The van der Waals surface area contributed by atoms with Gasteiger partial charge in [-0.05, 0) is 45.1 Å². The van der Waals surface area contributed by atoms with Crippen LogP contribution in [0.15, 0.2) is 0 Å². The first-order chi connectivity index (χ1) is 8.86. The molecule has 0 amide bonds. The molecule has 18 heavy (non-hydrogen) atoms. The highest BCUT2D eigenvalue weighted by atomic mass is 16.6. The fourth-order valence-electron chi connectivity index (χ4n) is 3.78. The summed E-state index contributed by atoms with van der Waals surface area (Å²) in [5, 5.41) is 3.40. The lowest BCUT2D eigenvalue weighted by atomic mass is 9.83. The van der Waals surface area contributed by atoms with E-state index in [1.54, 1.807) is 0 Å². The average molecular weight is 253 g/mol. The van der Waals surface area contributed by atoms with Crippen LogP contribution in [0.1, 0.15) is 57.8 Å². The number of nitrogens with one attached hydrogen (secondary N) is 1. The van der Waals surface area contributed by atoms with Crippen molar-refractivity contribution in [1.82, 2.24) is 5.32 Å². The molecule has 2 heterocycles. The molecule has 0 aromatic carbocycles. The fourth-order valence-corrected chi connectivity index (χ4v) is 3.78. The number of rotatable bonds is 3. The first-order valence-corrected chi connectivity index (χ1v) is 7.86. The Morgan fingerprint density at radius 1 is 1.06 bits per heavy atom. The molecule has 0 radical (unpaired) electrons. The number of hydrogen-bond donors (Lipinski definition) is 1. The molecule has 1 unspecified atom stereocenters. The van der Waals surface area contributed by atoms with Crippen LogP contribution in [0.4, 0.5) is 0 Å². The van der Waals surface area contributed by atoms with Crippen molar-refractivity contribution < 1.29 is 9.47 Å². The summed E-state index contributed by atoms with van der Waals surface area (Å²) >= 11 is 0. The van der Waals surface area contributed by atoms with Gasteiger partial charge in [-0.2, -0.15) is 0 Å². The van der Waals surface area contributed by atoms with E-state index in [2.05, 4.69) is 5.32 Å². The Balaban J connectivity index is 1.41. The minimum atomic E-state index is 0.247. The Morgan fingerprint density at radius 2 is 1.94 bits per heavy atom. The maximum Gasteiger partial charge on any atom is 0.0817 e. The molecule has 1 aliphatic carbocycles. The van der Waals surface area contributed by atoms with Crippen LogP contribution in [0.2, 0.25) is 0 Å². The van der Waals surface area contributed by atoms with Gasteiger partial charge < -0.3 is 14.8 Å². The molecule has 0 aromatic heterocycles. The van der Waals surface area contributed by atoms with Gasteiger partial charge in [-0.15, -0.1) is 0 Å². The van der Waals surface area contributed by atoms with Crippen molar-refractivity contribution in [2.75, 3.05) is 19.7 Å². The van der Waals surface area contributed by atoms with Crippen molar-refractivity contribution in [2.24, 2.45) is 0 Å². The predicted octanol–water partition coefficient (Wildman–Crippen LogP) is 2.64. The Labute approximate surface area is 111 Å². The second kappa shape index (κ2) is 5.89. The molecule has 1 spiro atoms. The first-order valence-electron chi connectivity index (χ1n) is 7.86. The molecule has 0 bridgehead atoms. The van der Waals surface area contributed by atoms with Crippen LogP contribution in [-0.4, -0.2) is 37.5 Å². The lowest BCUT2D eigenvalue weighted by molar-refractivity contribution is -0.100. The Hall–Kier alpha value is -0.120. The summed E-state index contributed by atoms with van der Waals surface area (Å²) in [6.07, 6.45) is 12.4. The van der Waals surface area contributed by atoms with Crippen molar-refractivity contribution >= 4 is 0 Å². The quantitative estimate of drug-likeness (QED) is 0.838. The highest BCUT2D eigenvalue weighted by molar-refractivity contribution is 4.91. The molecule has 3 nitrogen and oxygen atoms in total. The van der Waals surface area contributed by atoms with Crippen molar-refractivity contribution in [3.05, 3.63) is 0 Å². The van der Waals surface area contributed by atoms with E-state index in [1.165, 1.54) is 57.8 Å². The maximum atomic E-state index is 6.34. The van der Waals surface area contributed by atoms with Crippen LogP contribution < -0.4 is 5.32 Å². The Bertz CT molecular complexity index is 257. The van der Waals surface area contributed by atoms with Gasteiger partial charge in [0.2, 0.25) is 0 Å². The molecule has 0 aromatic rings. The second-order valence-corrected chi connectivity index (χ2v) is 6.32. The molecule has 3 fully saturated rings. The van der Waals surface area contributed by atoms with Crippen molar-refractivity contribution in [3.8, 4) is 0 Å². The van der Waals surface area contributed by atoms with E-state index < -0.39 is 0 Å². The van der Waals surface area contributed by atoms with Gasteiger partial charge in [-0.3, -0.25) is 0 Å². The number of ether oxygens (including phenoxy) is 2. The number of piperidine rings is 1. The third kappa shape index (κ3) is 3.06. The standard InChI is InChI=1S/C15H27NO2/c1-2-7-15(8-3-1)9-6-14(18-15)12-17-13-5-4-10-16-11-13/h13-14,16H,1-12H2/t13-,14?/m0/s1. The lowest BCUT2D eigenvalue weighted by Crippen LogP contribution is -2.37. The van der Waals surface area contributed by atoms with Crippen LogP contribution in [0.25, 0.3) is 0 Å². The van der Waals surface area contributed by atoms with E-state index in [-0.39, 0.29) is 5.60 Å². The lowest BCUT2D eigenvalue weighted by Gasteiger charge is -2.33. The summed E-state index contributed by atoms with van der Waals surface area (Å²) in [4.78, 5) is 0. The normalized spacial score (nSPS) is 36.0. The average Bonchev–Trinajstić information content (AvgIpc) is 2.82. The van der Waals surface area contributed by atoms with Gasteiger partial charge in [0.05, 0.1) is 24.4 Å². The summed E-state index contributed by atoms with van der Waals surface area (Å²) in [6, 6.07) is 0. The summed E-state index contributed by atoms with van der Waals surface area (Å²) in [5.74, 6) is 0. The third-order valence-electron chi connectivity index (χ3n) is 4.87. The number of hydrogen-bond acceptors (Lipinski definition) is 3. The van der Waals surface area contributed by atoms with Crippen molar-refractivity contribution in [2.45, 2.75) is 75.6 Å². The van der Waals surface area contributed by atoms with Gasteiger partial charge in [0, 0.05) is 6.54 Å². The van der Waals surface area contributed by atoms with Crippen molar-refractivity contribution in [3.63, 3.8) is 0 Å². The summed E-state index contributed by atoms with van der Waals surface area (Å²) < 4.78 is 12.3. The molecule has 3 heteroatoms. The molecular formula is C15H27NO2. The van der Waals surface area contributed by atoms with Gasteiger partial charge in [-0.1, -0.05) is 19.3 Å². The van der Waals surface area contributed by atoms with Crippen molar-refractivity contribution in [1.29, 1.82) is 0 Å². The SMILES string of the molecule is C1CCC2(CC1)CCC(CO[C@H]1CCCNC1)O2. The Morgan fingerprint density at radius 3 is 2.72 bits per heavy atom. The smallest absolute Gasteiger partial charge is 0.0817 e. The van der Waals surface area contributed by atoms with Gasteiger partial charge in [0.15, 0.2) is 0 Å². The fraction of sp³-hybridized carbons (Fsp3) is 1.00. The molecule has 1 N–H and O–H groups in total. The predicted molar refractivity (Wildman–Crippen MR) is 71.8 cm³/mol. The minimum absolute atomic E-state index is 0.247. The van der Waals surface area contributed by atoms with E-state index in [0.717, 1.165) is 19.7 Å². The molecule has 2 aliphatic heterocycles. The second-order valence-electron chi connectivity index (χ2n) is 6.32. The zero-order valence-corrected chi connectivity index (χ0v) is 11.5. The monoisotopic (exact) mass is 253 g/mol. The third-order valence-corrected chi connectivity index (χ3v) is 4.87. The van der Waals surface area contributed by atoms with Crippen LogP contribution >= 0.6 is 0 Å². The topological polar surface area (TPSA) is 30.5 Å². The summed E-state index contributed by atoms with van der Waals surface area (Å²) in [7, 11) is 0. The molecule has 2 saturated heterocycles. The van der Waals surface area contributed by atoms with E-state index in [4.69, 9.17) is 9.47 Å². The minimum Gasteiger partial charge on any atom is -0.374 e. The van der Waals surface area contributed by atoms with E-state index in [0.29, 0.717) is 12.2 Å². The molecule has 2 atom stereocenters. The van der Waals surface area contributed by atoms with Gasteiger partial charge in [0.25, 0.3) is 0 Å². The molecule has 3 rings (SSSR count). The van der Waals surface area contributed by atoms with E-state index in [9.17, 15) is 0 Å². The van der Waals surface area contributed by atoms with Gasteiger partial charge in [-0.25, -0.2) is 0 Å². The molecule has 1 saturated carbocycles. The van der Waals surface area contributed by atoms with Crippen LogP contribution in [0.3, 0.4) is 0 Å². The summed E-state index contributed by atoms with van der Waals surface area (Å²) in [5.41, 5.74) is 0.247. The maximum absolute atomic E-state index is 6.34. The zero-order chi connectivity index (χ0) is 12.3. The zero-order valence-electron chi connectivity index (χ0n) is 11.5. The van der Waals surface area contributed by atoms with Crippen LogP contribution in [-0.2, 0) is 9.47 Å². The molecule has 104 valence electrons. The highest BCUT2D eigenvalue weighted by Gasteiger charge is 2.40. The first kappa shape index (κ1) is 12.9. The molecular weight excluding hydrogens is 226 g/mol.